The van der Waals surface area contributed by atoms with Gasteiger partial charge in [-0.2, -0.15) is 0 Å². The fourth-order valence-electron chi connectivity index (χ4n) is 2.93. The van der Waals surface area contributed by atoms with Gasteiger partial charge in [-0.05, 0) is 50.2 Å². The summed E-state index contributed by atoms with van der Waals surface area (Å²) in [5.41, 5.74) is 3.15. The van der Waals surface area contributed by atoms with Crippen LogP contribution in [0.1, 0.15) is 23.0 Å². The Bertz CT molecular complexity index is 914. The molecule has 0 radical (unpaired) electrons. The second-order valence-electron chi connectivity index (χ2n) is 5.38. The van der Waals surface area contributed by atoms with Crippen LogP contribution in [-0.4, -0.2) is 24.3 Å². The molecule has 5 heteroatoms. The summed E-state index contributed by atoms with van der Waals surface area (Å²) in [7, 11) is 1.60. The van der Waals surface area contributed by atoms with Gasteiger partial charge in [-0.15, -0.1) is 0 Å². The van der Waals surface area contributed by atoms with Gasteiger partial charge in [0, 0.05) is 21.8 Å². The summed E-state index contributed by atoms with van der Waals surface area (Å²) in [4.78, 5) is 12.5. The topological polar surface area (TPSA) is 40.5 Å². The van der Waals surface area contributed by atoms with Crippen molar-refractivity contribution in [2.45, 2.75) is 13.8 Å². The summed E-state index contributed by atoms with van der Waals surface area (Å²) < 4.78 is 12.6. The number of esters is 1. The van der Waals surface area contributed by atoms with Gasteiger partial charge >= 0.3 is 5.97 Å². The first-order valence-electron chi connectivity index (χ1n) is 7.69. The molecule has 0 bridgehead atoms. The van der Waals surface area contributed by atoms with Gasteiger partial charge in [-0.25, -0.2) is 4.79 Å². The molecule has 0 amide bonds. The smallest absolute Gasteiger partial charge is 0.340 e. The van der Waals surface area contributed by atoms with Gasteiger partial charge in [-0.1, -0.05) is 17.7 Å². The van der Waals surface area contributed by atoms with Crippen LogP contribution in [0.2, 0.25) is 5.02 Å². The van der Waals surface area contributed by atoms with Crippen LogP contribution < -0.4 is 4.74 Å². The van der Waals surface area contributed by atoms with Crippen LogP contribution in [0.3, 0.4) is 0 Å². The van der Waals surface area contributed by atoms with Crippen LogP contribution in [0.15, 0.2) is 42.5 Å². The number of halogens is 1. The molecule has 0 saturated carbocycles. The number of methoxy groups -OCH3 is 1. The maximum absolute atomic E-state index is 12.5. The summed E-state index contributed by atoms with van der Waals surface area (Å²) in [5, 5.41) is 1.44. The van der Waals surface area contributed by atoms with Crippen LogP contribution in [0.25, 0.3) is 16.6 Å². The summed E-state index contributed by atoms with van der Waals surface area (Å²) in [6.07, 6.45) is 0. The van der Waals surface area contributed by atoms with Gasteiger partial charge in [0.1, 0.15) is 5.75 Å². The zero-order valence-corrected chi connectivity index (χ0v) is 14.6. The SMILES string of the molecule is CCOC(=O)c1c(C)n(-c2cccc(Cl)c2)c2ccc(OC)cc12. The molecular formula is C19H18ClNO3. The van der Waals surface area contributed by atoms with Crippen molar-refractivity contribution in [1.29, 1.82) is 0 Å². The highest BCUT2D eigenvalue weighted by Gasteiger charge is 2.22. The van der Waals surface area contributed by atoms with E-state index >= 15 is 0 Å². The first kappa shape index (κ1) is 16.4. The highest BCUT2D eigenvalue weighted by molar-refractivity contribution is 6.30. The van der Waals surface area contributed by atoms with E-state index in [1.807, 2.05) is 54.0 Å². The number of carbonyl (C=O) groups excluding carboxylic acids is 1. The first-order chi connectivity index (χ1) is 11.6. The number of aromatic nitrogens is 1. The monoisotopic (exact) mass is 343 g/mol. The fraction of sp³-hybridized carbons (Fsp3) is 0.211. The molecule has 0 N–H and O–H groups in total. The van der Waals surface area contributed by atoms with Crippen LogP contribution in [-0.2, 0) is 4.74 Å². The maximum atomic E-state index is 12.5. The lowest BCUT2D eigenvalue weighted by Crippen LogP contribution is -2.07. The molecule has 3 aromatic rings. The lowest BCUT2D eigenvalue weighted by Gasteiger charge is -2.09. The molecule has 124 valence electrons. The number of hydrogen-bond acceptors (Lipinski definition) is 3. The lowest BCUT2D eigenvalue weighted by atomic mass is 10.1. The third-order valence-corrected chi connectivity index (χ3v) is 4.19. The molecule has 24 heavy (non-hydrogen) atoms. The molecule has 0 unspecified atom stereocenters. The second kappa shape index (κ2) is 6.57. The molecule has 0 aliphatic carbocycles. The van der Waals surface area contributed by atoms with E-state index in [2.05, 4.69) is 0 Å². The van der Waals surface area contributed by atoms with Crippen LogP contribution in [0.5, 0.6) is 5.75 Å². The first-order valence-corrected chi connectivity index (χ1v) is 8.06. The summed E-state index contributed by atoms with van der Waals surface area (Å²) in [6, 6.07) is 13.2. The van der Waals surface area contributed by atoms with Gasteiger partial charge < -0.3 is 14.0 Å². The highest BCUT2D eigenvalue weighted by atomic mass is 35.5. The molecule has 0 aliphatic rings. The van der Waals surface area contributed by atoms with E-state index in [1.54, 1.807) is 14.0 Å². The third kappa shape index (κ3) is 2.74. The Kier molecular flexibility index (Phi) is 4.49. The molecule has 0 saturated heterocycles. The van der Waals surface area contributed by atoms with E-state index in [4.69, 9.17) is 21.1 Å². The van der Waals surface area contributed by atoms with Gasteiger partial charge in [0.2, 0.25) is 0 Å². The molecule has 2 aromatic carbocycles. The number of nitrogens with zero attached hydrogens (tertiary/aromatic N) is 1. The van der Waals surface area contributed by atoms with Crippen LogP contribution in [0.4, 0.5) is 0 Å². The van der Waals surface area contributed by atoms with Crippen LogP contribution in [0, 0.1) is 6.92 Å². The van der Waals surface area contributed by atoms with E-state index in [0.717, 1.165) is 22.3 Å². The van der Waals surface area contributed by atoms with Gasteiger partial charge in [-0.3, -0.25) is 0 Å². The van der Waals surface area contributed by atoms with E-state index < -0.39 is 0 Å². The van der Waals surface area contributed by atoms with E-state index in [-0.39, 0.29) is 5.97 Å². The fourth-order valence-corrected chi connectivity index (χ4v) is 3.12. The van der Waals surface area contributed by atoms with E-state index in [0.29, 0.717) is 22.9 Å². The predicted octanol–water partition coefficient (Wildman–Crippen LogP) is 4.78. The van der Waals surface area contributed by atoms with Crippen molar-refractivity contribution in [3.63, 3.8) is 0 Å². The lowest BCUT2D eigenvalue weighted by molar-refractivity contribution is 0.0527. The number of ether oxygens (including phenoxy) is 2. The van der Waals surface area contributed by atoms with Gasteiger partial charge in [0.25, 0.3) is 0 Å². The Morgan fingerprint density at radius 1 is 1.21 bits per heavy atom. The average Bonchev–Trinajstić information content (AvgIpc) is 2.86. The molecule has 0 spiro atoms. The quantitative estimate of drug-likeness (QED) is 0.640. The second-order valence-corrected chi connectivity index (χ2v) is 5.82. The largest absolute Gasteiger partial charge is 0.497 e. The molecule has 0 atom stereocenters. The van der Waals surface area contributed by atoms with E-state index in [1.165, 1.54) is 0 Å². The molecule has 1 aromatic heterocycles. The minimum Gasteiger partial charge on any atom is -0.497 e. The average molecular weight is 344 g/mol. The number of fused-ring (bicyclic) bond motifs is 1. The standard InChI is InChI=1S/C19H18ClNO3/c1-4-24-19(22)18-12(2)21(14-7-5-6-13(20)10-14)17-9-8-15(23-3)11-16(17)18/h5-11H,4H2,1-3H3. The number of carbonyl (C=O) groups is 1. The van der Waals surface area contributed by atoms with Crippen molar-refractivity contribution >= 4 is 28.5 Å². The zero-order chi connectivity index (χ0) is 17.3. The Labute approximate surface area is 145 Å². The van der Waals surface area contributed by atoms with Crippen molar-refractivity contribution in [3.05, 3.63) is 58.7 Å². The Morgan fingerprint density at radius 2 is 2.00 bits per heavy atom. The molecule has 4 nitrogen and oxygen atoms in total. The van der Waals surface area contributed by atoms with Crippen molar-refractivity contribution in [2.75, 3.05) is 13.7 Å². The third-order valence-electron chi connectivity index (χ3n) is 3.96. The molecule has 0 aliphatic heterocycles. The Morgan fingerprint density at radius 3 is 2.67 bits per heavy atom. The number of benzene rings is 2. The Hall–Kier alpha value is -2.46. The van der Waals surface area contributed by atoms with Crippen molar-refractivity contribution in [3.8, 4) is 11.4 Å². The number of hydrogen-bond donors (Lipinski definition) is 0. The van der Waals surface area contributed by atoms with Crippen LogP contribution >= 0.6 is 11.6 Å². The van der Waals surface area contributed by atoms with E-state index in [9.17, 15) is 4.79 Å². The summed E-state index contributed by atoms with van der Waals surface area (Å²) in [6.45, 7) is 4.02. The van der Waals surface area contributed by atoms with Crippen molar-refractivity contribution in [2.24, 2.45) is 0 Å². The summed E-state index contributed by atoms with van der Waals surface area (Å²) >= 11 is 6.14. The van der Waals surface area contributed by atoms with Gasteiger partial charge in [0.05, 0.1) is 24.8 Å². The Balaban J connectivity index is 2.34. The zero-order valence-electron chi connectivity index (χ0n) is 13.8. The highest BCUT2D eigenvalue weighted by Crippen LogP contribution is 2.33. The number of rotatable bonds is 4. The van der Waals surface area contributed by atoms with Gasteiger partial charge in [0.15, 0.2) is 0 Å². The normalized spacial score (nSPS) is 10.8. The van der Waals surface area contributed by atoms with Crippen molar-refractivity contribution in [1.82, 2.24) is 4.57 Å². The molecular weight excluding hydrogens is 326 g/mol. The predicted molar refractivity (Wildman–Crippen MR) is 95.5 cm³/mol. The molecule has 3 rings (SSSR count). The maximum Gasteiger partial charge on any atom is 0.340 e. The minimum atomic E-state index is -0.339. The summed E-state index contributed by atoms with van der Waals surface area (Å²) in [5.74, 6) is 0.352. The molecule has 1 heterocycles. The van der Waals surface area contributed by atoms with Crippen molar-refractivity contribution < 1.29 is 14.3 Å². The minimum absolute atomic E-state index is 0.325. The molecule has 0 fully saturated rings.